The first-order valence-electron chi connectivity index (χ1n) is 6.78. The van der Waals surface area contributed by atoms with Crippen molar-refractivity contribution >= 4 is 5.91 Å². The molecule has 2 N–H and O–H groups in total. The minimum Gasteiger partial charge on any atom is -0.353 e. The van der Waals surface area contributed by atoms with Crippen LogP contribution in [0.15, 0.2) is 0 Å². The third kappa shape index (κ3) is 8.44. The fraction of sp³-hybridized carbons (Fsp3) is 0.923. The number of carbonyl (C=O) groups is 1. The molecule has 0 saturated heterocycles. The molecule has 18 heavy (non-hydrogen) atoms. The second-order valence-corrected chi connectivity index (χ2v) is 4.47. The number of rotatable bonds is 10. The van der Waals surface area contributed by atoms with Gasteiger partial charge in [0.2, 0.25) is 5.91 Å². The SMILES string of the molecule is CCOC(CCNC(C)C(=O)NC(C)C)OCC. The van der Waals surface area contributed by atoms with Crippen molar-refractivity contribution in [3.63, 3.8) is 0 Å². The lowest BCUT2D eigenvalue weighted by molar-refractivity contribution is -0.139. The zero-order valence-electron chi connectivity index (χ0n) is 12.3. The zero-order chi connectivity index (χ0) is 14.0. The minimum atomic E-state index is -0.198. The van der Waals surface area contributed by atoms with E-state index >= 15 is 0 Å². The van der Waals surface area contributed by atoms with Crippen LogP contribution in [0.3, 0.4) is 0 Å². The molecule has 5 nitrogen and oxygen atoms in total. The fourth-order valence-electron chi connectivity index (χ4n) is 1.51. The summed E-state index contributed by atoms with van der Waals surface area (Å²) in [6, 6.07) is -0.0300. The van der Waals surface area contributed by atoms with Gasteiger partial charge in [-0.2, -0.15) is 0 Å². The van der Waals surface area contributed by atoms with E-state index in [0.29, 0.717) is 19.8 Å². The normalized spacial score (nSPS) is 13.1. The van der Waals surface area contributed by atoms with Crippen LogP contribution in [-0.4, -0.2) is 44.0 Å². The number of hydrogen-bond acceptors (Lipinski definition) is 4. The fourth-order valence-corrected chi connectivity index (χ4v) is 1.51. The van der Waals surface area contributed by atoms with Gasteiger partial charge in [-0.25, -0.2) is 0 Å². The Morgan fingerprint density at radius 2 is 1.67 bits per heavy atom. The second-order valence-electron chi connectivity index (χ2n) is 4.47. The number of ether oxygens (including phenoxy) is 2. The number of amides is 1. The van der Waals surface area contributed by atoms with Crippen molar-refractivity contribution in [2.24, 2.45) is 0 Å². The van der Waals surface area contributed by atoms with Crippen molar-refractivity contribution in [3.05, 3.63) is 0 Å². The van der Waals surface area contributed by atoms with E-state index in [4.69, 9.17) is 9.47 Å². The predicted molar refractivity (Wildman–Crippen MR) is 72.4 cm³/mol. The molecule has 0 bridgehead atoms. The molecule has 0 aliphatic carbocycles. The summed E-state index contributed by atoms with van der Waals surface area (Å²) >= 11 is 0. The maximum Gasteiger partial charge on any atom is 0.237 e. The van der Waals surface area contributed by atoms with Crippen LogP contribution in [-0.2, 0) is 14.3 Å². The highest BCUT2D eigenvalue weighted by Gasteiger charge is 2.14. The summed E-state index contributed by atoms with van der Waals surface area (Å²) in [5.74, 6) is 0.0226. The Bertz CT molecular complexity index is 216. The van der Waals surface area contributed by atoms with Crippen molar-refractivity contribution < 1.29 is 14.3 Å². The molecule has 5 heteroatoms. The summed E-state index contributed by atoms with van der Waals surface area (Å²) in [7, 11) is 0. The van der Waals surface area contributed by atoms with E-state index in [-0.39, 0.29) is 24.3 Å². The molecule has 108 valence electrons. The van der Waals surface area contributed by atoms with Crippen LogP contribution in [0, 0.1) is 0 Å². The molecule has 1 atom stereocenters. The van der Waals surface area contributed by atoms with Crippen molar-refractivity contribution in [3.8, 4) is 0 Å². The van der Waals surface area contributed by atoms with Gasteiger partial charge in [-0.1, -0.05) is 0 Å². The lowest BCUT2D eigenvalue weighted by Crippen LogP contribution is -2.45. The van der Waals surface area contributed by atoms with E-state index in [9.17, 15) is 4.79 Å². The van der Waals surface area contributed by atoms with Crippen molar-refractivity contribution in [1.82, 2.24) is 10.6 Å². The maximum absolute atomic E-state index is 11.6. The van der Waals surface area contributed by atoms with Gasteiger partial charge in [-0.15, -0.1) is 0 Å². The van der Waals surface area contributed by atoms with Gasteiger partial charge < -0.3 is 20.1 Å². The summed E-state index contributed by atoms with van der Waals surface area (Å²) < 4.78 is 10.9. The molecule has 0 saturated carbocycles. The lowest BCUT2D eigenvalue weighted by Gasteiger charge is -2.19. The Morgan fingerprint density at radius 3 is 2.11 bits per heavy atom. The smallest absolute Gasteiger partial charge is 0.237 e. The quantitative estimate of drug-likeness (QED) is 0.581. The van der Waals surface area contributed by atoms with Crippen molar-refractivity contribution in [2.75, 3.05) is 19.8 Å². The number of carbonyl (C=O) groups excluding carboxylic acids is 1. The van der Waals surface area contributed by atoms with Crippen LogP contribution >= 0.6 is 0 Å². The van der Waals surface area contributed by atoms with Gasteiger partial charge in [0.1, 0.15) is 0 Å². The van der Waals surface area contributed by atoms with E-state index in [2.05, 4.69) is 10.6 Å². The summed E-state index contributed by atoms with van der Waals surface area (Å²) in [6.07, 6.45) is 0.550. The summed E-state index contributed by atoms with van der Waals surface area (Å²) in [6.45, 7) is 11.6. The van der Waals surface area contributed by atoms with Crippen molar-refractivity contribution in [2.45, 2.75) is 59.4 Å². The highest BCUT2D eigenvalue weighted by atomic mass is 16.7. The van der Waals surface area contributed by atoms with Crippen LogP contribution in [0.5, 0.6) is 0 Å². The summed E-state index contributed by atoms with van der Waals surface area (Å²) in [4.78, 5) is 11.6. The molecule has 1 unspecified atom stereocenters. The molecule has 0 aromatic carbocycles. The monoisotopic (exact) mass is 260 g/mol. The average Bonchev–Trinajstić information content (AvgIpc) is 2.28. The molecule has 0 aromatic rings. The highest BCUT2D eigenvalue weighted by molar-refractivity contribution is 5.81. The maximum atomic E-state index is 11.6. The molecule has 0 spiro atoms. The largest absolute Gasteiger partial charge is 0.353 e. The highest BCUT2D eigenvalue weighted by Crippen LogP contribution is 2.00. The third-order valence-corrected chi connectivity index (χ3v) is 2.36. The Balaban J connectivity index is 3.82. The van der Waals surface area contributed by atoms with Crippen LogP contribution in [0.4, 0.5) is 0 Å². The van der Waals surface area contributed by atoms with Gasteiger partial charge in [-0.05, 0) is 34.6 Å². The molecule has 0 aliphatic heterocycles. The van der Waals surface area contributed by atoms with Gasteiger partial charge >= 0.3 is 0 Å². The summed E-state index contributed by atoms with van der Waals surface area (Å²) in [5, 5.41) is 6.03. The van der Waals surface area contributed by atoms with E-state index < -0.39 is 0 Å². The Hall–Kier alpha value is -0.650. The van der Waals surface area contributed by atoms with E-state index in [1.54, 1.807) is 0 Å². The molecule has 0 aliphatic rings. The Labute approximate surface area is 111 Å². The molecule has 0 fully saturated rings. The second kappa shape index (κ2) is 10.3. The first kappa shape index (κ1) is 17.4. The van der Waals surface area contributed by atoms with Crippen LogP contribution in [0.25, 0.3) is 0 Å². The number of hydrogen-bond donors (Lipinski definition) is 2. The van der Waals surface area contributed by atoms with Gasteiger partial charge in [0.15, 0.2) is 6.29 Å². The Kier molecular flexibility index (Phi) is 9.92. The van der Waals surface area contributed by atoms with Crippen molar-refractivity contribution in [1.29, 1.82) is 0 Å². The van der Waals surface area contributed by atoms with Crippen LogP contribution in [0.2, 0.25) is 0 Å². The molecule has 1 amide bonds. The van der Waals surface area contributed by atoms with Gasteiger partial charge in [0.25, 0.3) is 0 Å². The van der Waals surface area contributed by atoms with Crippen LogP contribution in [0.1, 0.15) is 41.0 Å². The summed E-state index contributed by atoms with van der Waals surface area (Å²) in [5.41, 5.74) is 0. The topological polar surface area (TPSA) is 59.6 Å². The number of nitrogens with one attached hydrogen (secondary N) is 2. The van der Waals surface area contributed by atoms with Gasteiger partial charge in [0, 0.05) is 32.2 Å². The molecule has 0 heterocycles. The molecule has 0 radical (unpaired) electrons. The lowest BCUT2D eigenvalue weighted by atomic mass is 10.2. The minimum absolute atomic E-state index is 0.0226. The van der Waals surface area contributed by atoms with Crippen LogP contribution < -0.4 is 10.6 Å². The Morgan fingerprint density at radius 1 is 1.11 bits per heavy atom. The molecule has 0 aromatic heterocycles. The van der Waals surface area contributed by atoms with E-state index in [0.717, 1.165) is 6.42 Å². The van der Waals surface area contributed by atoms with E-state index in [1.165, 1.54) is 0 Å². The first-order chi connectivity index (χ1) is 8.51. The predicted octanol–water partition coefficient (Wildman–Crippen LogP) is 1.28. The third-order valence-electron chi connectivity index (χ3n) is 2.36. The standard InChI is InChI=1S/C13H28N2O3/c1-6-17-12(18-7-2)8-9-14-11(5)13(16)15-10(3)4/h10-12,14H,6-9H2,1-5H3,(H,15,16). The average molecular weight is 260 g/mol. The van der Waals surface area contributed by atoms with Gasteiger partial charge in [0.05, 0.1) is 6.04 Å². The zero-order valence-corrected chi connectivity index (χ0v) is 12.3. The molecular weight excluding hydrogens is 232 g/mol. The molecule has 0 rings (SSSR count). The van der Waals surface area contributed by atoms with Gasteiger partial charge in [-0.3, -0.25) is 4.79 Å². The van der Waals surface area contributed by atoms with E-state index in [1.807, 2.05) is 34.6 Å². The first-order valence-corrected chi connectivity index (χ1v) is 6.78. The molecular formula is C13H28N2O3.